The Labute approximate surface area is 239 Å². The summed E-state index contributed by atoms with van der Waals surface area (Å²) in [6, 6.07) is 40.1. The van der Waals surface area contributed by atoms with Gasteiger partial charge in [-0.05, 0) is 66.7 Å². The molecular formula is C36H22N2S2. The van der Waals surface area contributed by atoms with Crippen molar-refractivity contribution in [1.29, 1.82) is 0 Å². The van der Waals surface area contributed by atoms with Gasteiger partial charge in [0.15, 0.2) is 0 Å². The summed E-state index contributed by atoms with van der Waals surface area (Å²) in [4.78, 5) is 8.92. The third kappa shape index (κ3) is 3.92. The molecule has 0 aliphatic rings. The minimum Gasteiger partial charge on any atom is -0.245 e. The maximum atomic E-state index is 4.46. The Morgan fingerprint density at radius 1 is 0.350 bits per heavy atom. The van der Waals surface area contributed by atoms with Crippen molar-refractivity contribution in [3.8, 4) is 43.4 Å². The summed E-state index contributed by atoms with van der Waals surface area (Å²) in [5.41, 5.74) is 7.15. The van der Waals surface area contributed by atoms with Crippen molar-refractivity contribution in [2.45, 2.75) is 0 Å². The average Bonchev–Trinajstić information content (AvgIpc) is 3.77. The Balaban J connectivity index is 1.29. The maximum Gasteiger partial charge on any atom is 0.123 e. The van der Waals surface area contributed by atoms with Crippen LogP contribution in [0, 0.1) is 0 Å². The van der Waals surface area contributed by atoms with Crippen molar-refractivity contribution < 1.29 is 0 Å². The molecule has 6 aromatic carbocycles. The van der Waals surface area contributed by atoms with Crippen LogP contribution in [0.2, 0.25) is 0 Å². The number of nitrogens with zero attached hydrogens (tertiary/aromatic N) is 2. The van der Waals surface area contributed by atoms with Crippen LogP contribution >= 0.6 is 22.7 Å². The highest BCUT2D eigenvalue weighted by Gasteiger charge is 2.12. The molecule has 2 heterocycles. The van der Waals surface area contributed by atoms with E-state index in [1.807, 2.05) is 23.2 Å². The third-order valence-electron chi connectivity index (χ3n) is 7.63. The highest BCUT2D eigenvalue weighted by molar-refractivity contribution is 7.13. The smallest absolute Gasteiger partial charge is 0.123 e. The standard InChI is InChI=1S/C36H22N2S2/c1-2-4-30-29(3-1)31-15-13-27(23-5-9-25(10-6-23)35-37-17-19-39-35)21-33(31)34-22-28(14-16-32(30)34)24-7-11-26(12-8-24)36-38-18-20-40-36/h1-22H. The molecule has 0 saturated heterocycles. The van der Waals surface area contributed by atoms with E-state index in [9.17, 15) is 0 Å². The van der Waals surface area contributed by atoms with Gasteiger partial charge in [-0.3, -0.25) is 0 Å². The predicted octanol–water partition coefficient (Wildman–Crippen LogP) is 10.7. The van der Waals surface area contributed by atoms with Crippen molar-refractivity contribution in [3.63, 3.8) is 0 Å². The molecule has 0 atom stereocenters. The highest BCUT2D eigenvalue weighted by Crippen LogP contribution is 2.39. The van der Waals surface area contributed by atoms with E-state index in [-0.39, 0.29) is 0 Å². The van der Waals surface area contributed by atoms with Gasteiger partial charge in [0.05, 0.1) is 0 Å². The molecule has 0 unspecified atom stereocenters. The number of rotatable bonds is 4. The number of thiazole rings is 2. The number of aromatic nitrogens is 2. The summed E-state index contributed by atoms with van der Waals surface area (Å²) in [5, 5.41) is 13.8. The fourth-order valence-electron chi connectivity index (χ4n) is 5.66. The van der Waals surface area contributed by atoms with E-state index in [1.54, 1.807) is 22.7 Å². The Hall–Kier alpha value is -4.64. The SMILES string of the molecule is c1ccc2c(c1)c1ccc(-c3ccc(-c4nccs4)cc3)cc1c1cc(-c3ccc(-c4nccs4)cc3)ccc21. The van der Waals surface area contributed by atoms with Crippen LogP contribution in [0.15, 0.2) is 132 Å². The molecule has 0 radical (unpaired) electrons. The zero-order valence-corrected chi connectivity index (χ0v) is 23.0. The number of benzene rings is 6. The Morgan fingerprint density at radius 3 is 1.12 bits per heavy atom. The second kappa shape index (κ2) is 9.53. The van der Waals surface area contributed by atoms with Crippen LogP contribution in [0.4, 0.5) is 0 Å². The molecule has 0 N–H and O–H groups in total. The zero-order valence-electron chi connectivity index (χ0n) is 21.4. The van der Waals surface area contributed by atoms with Gasteiger partial charge in [0.2, 0.25) is 0 Å². The van der Waals surface area contributed by atoms with Crippen LogP contribution in [0.3, 0.4) is 0 Å². The first-order chi connectivity index (χ1) is 19.8. The van der Waals surface area contributed by atoms with Crippen molar-refractivity contribution in [2.75, 3.05) is 0 Å². The first-order valence-corrected chi connectivity index (χ1v) is 15.0. The van der Waals surface area contributed by atoms with Gasteiger partial charge in [-0.15, -0.1) is 22.7 Å². The highest BCUT2D eigenvalue weighted by atomic mass is 32.1. The van der Waals surface area contributed by atoms with Gasteiger partial charge in [-0.1, -0.05) is 97.1 Å². The van der Waals surface area contributed by atoms with Gasteiger partial charge >= 0.3 is 0 Å². The second-order valence-electron chi connectivity index (χ2n) is 9.90. The lowest BCUT2D eigenvalue weighted by Gasteiger charge is -2.14. The topological polar surface area (TPSA) is 25.8 Å². The molecule has 2 aromatic heterocycles. The van der Waals surface area contributed by atoms with Crippen molar-refractivity contribution in [1.82, 2.24) is 9.97 Å². The van der Waals surface area contributed by atoms with Gasteiger partial charge in [-0.25, -0.2) is 9.97 Å². The zero-order chi connectivity index (χ0) is 26.5. The van der Waals surface area contributed by atoms with Crippen LogP contribution in [-0.2, 0) is 0 Å². The molecule has 0 aliphatic carbocycles. The molecular weight excluding hydrogens is 525 g/mol. The molecule has 0 fully saturated rings. The molecule has 0 amide bonds. The van der Waals surface area contributed by atoms with Gasteiger partial charge in [-0.2, -0.15) is 0 Å². The molecule has 188 valence electrons. The summed E-state index contributed by atoms with van der Waals surface area (Å²) in [6.07, 6.45) is 3.71. The van der Waals surface area contributed by atoms with Crippen molar-refractivity contribution in [2.24, 2.45) is 0 Å². The van der Waals surface area contributed by atoms with Crippen LogP contribution < -0.4 is 0 Å². The molecule has 8 rings (SSSR count). The number of fused-ring (bicyclic) bond motifs is 6. The normalized spacial score (nSPS) is 11.5. The minimum absolute atomic E-state index is 1.05. The van der Waals surface area contributed by atoms with E-state index >= 15 is 0 Å². The molecule has 0 bridgehead atoms. The van der Waals surface area contributed by atoms with E-state index in [4.69, 9.17) is 0 Å². The van der Waals surface area contributed by atoms with Crippen molar-refractivity contribution >= 4 is 55.0 Å². The van der Waals surface area contributed by atoms with Crippen LogP contribution in [0.5, 0.6) is 0 Å². The van der Waals surface area contributed by atoms with Gasteiger partial charge in [0.1, 0.15) is 10.0 Å². The van der Waals surface area contributed by atoms with E-state index in [0.29, 0.717) is 0 Å². The van der Waals surface area contributed by atoms with Gasteiger partial charge in [0.25, 0.3) is 0 Å². The summed E-state index contributed by atoms with van der Waals surface area (Å²) in [6.45, 7) is 0. The van der Waals surface area contributed by atoms with Crippen LogP contribution in [-0.4, -0.2) is 9.97 Å². The molecule has 4 heteroatoms. The summed E-state index contributed by atoms with van der Waals surface area (Å²) in [7, 11) is 0. The van der Waals surface area contributed by atoms with E-state index < -0.39 is 0 Å². The Bertz CT molecular complexity index is 1970. The second-order valence-corrected chi connectivity index (χ2v) is 11.7. The lowest BCUT2D eigenvalue weighted by Crippen LogP contribution is -1.87. The lowest BCUT2D eigenvalue weighted by atomic mass is 9.90. The molecule has 0 aliphatic heterocycles. The third-order valence-corrected chi connectivity index (χ3v) is 9.28. The van der Waals surface area contributed by atoms with Crippen molar-refractivity contribution in [3.05, 3.63) is 132 Å². The first-order valence-electron chi connectivity index (χ1n) is 13.2. The molecule has 40 heavy (non-hydrogen) atoms. The largest absolute Gasteiger partial charge is 0.245 e. The van der Waals surface area contributed by atoms with E-state index in [0.717, 1.165) is 21.1 Å². The number of hydrogen-bond acceptors (Lipinski definition) is 4. The fraction of sp³-hybridized carbons (Fsp3) is 0. The first kappa shape index (κ1) is 23.3. The molecule has 8 aromatic rings. The number of hydrogen-bond donors (Lipinski definition) is 0. The maximum absolute atomic E-state index is 4.46. The minimum atomic E-state index is 1.05. The summed E-state index contributed by atoms with van der Waals surface area (Å²) in [5.74, 6) is 0. The Morgan fingerprint density at radius 2 is 0.725 bits per heavy atom. The summed E-state index contributed by atoms with van der Waals surface area (Å²) >= 11 is 3.34. The van der Waals surface area contributed by atoms with Gasteiger partial charge < -0.3 is 0 Å². The lowest BCUT2D eigenvalue weighted by molar-refractivity contribution is 1.41. The average molecular weight is 547 g/mol. The Kier molecular flexibility index (Phi) is 5.54. The van der Waals surface area contributed by atoms with E-state index in [2.05, 4.69) is 119 Å². The molecule has 0 spiro atoms. The fourth-order valence-corrected chi connectivity index (χ4v) is 6.95. The molecule has 0 saturated carbocycles. The van der Waals surface area contributed by atoms with E-state index in [1.165, 1.54) is 54.6 Å². The molecule has 2 nitrogen and oxygen atoms in total. The summed E-state index contributed by atoms with van der Waals surface area (Å²) < 4.78 is 0. The quantitative estimate of drug-likeness (QED) is 0.205. The van der Waals surface area contributed by atoms with Gasteiger partial charge in [0, 0.05) is 34.3 Å². The predicted molar refractivity (Wildman–Crippen MR) is 172 cm³/mol. The van der Waals surface area contributed by atoms with Crippen LogP contribution in [0.25, 0.3) is 75.7 Å². The van der Waals surface area contributed by atoms with Crippen LogP contribution in [0.1, 0.15) is 0 Å². The monoisotopic (exact) mass is 546 g/mol.